The molecule has 1 aliphatic heterocycles. The summed E-state index contributed by atoms with van der Waals surface area (Å²) in [4.78, 5) is 14.1. The van der Waals surface area contributed by atoms with E-state index >= 15 is 0 Å². The second kappa shape index (κ2) is 5.40. The average Bonchev–Trinajstić information content (AvgIpc) is 2.37. The van der Waals surface area contributed by atoms with Crippen molar-refractivity contribution in [3.05, 3.63) is 21.0 Å². The fraction of sp³-hybridized carbons (Fsp3) is 0.667. The highest BCUT2D eigenvalue weighted by Gasteiger charge is 2.27. The second-order valence-electron chi connectivity index (χ2n) is 4.95. The van der Waals surface area contributed by atoms with E-state index in [1.807, 2.05) is 0 Å². The summed E-state index contributed by atoms with van der Waals surface area (Å²) in [6, 6.07) is 0.415. The standard InChI is InChI=1S/C12H19BrN4O/c1-8-3-4-9(5-14)7-17(8)10-6-15-16(2)12(18)11(10)13/h6,8-9H,3-5,7,14H2,1-2H3. The number of piperidine rings is 1. The van der Waals surface area contributed by atoms with Crippen molar-refractivity contribution >= 4 is 21.6 Å². The Kier molecular flexibility index (Phi) is 4.07. The summed E-state index contributed by atoms with van der Waals surface area (Å²) in [7, 11) is 1.65. The van der Waals surface area contributed by atoms with Gasteiger partial charge in [-0.25, -0.2) is 4.68 Å². The Hall–Kier alpha value is -0.880. The molecule has 1 aromatic heterocycles. The lowest BCUT2D eigenvalue weighted by Gasteiger charge is -2.39. The van der Waals surface area contributed by atoms with Gasteiger partial charge in [-0.05, 0) is 48.2 Å². The van der Waals surface area contributed by atoms with E-state index < -0.39 is 0 Å². The van der Waals surface area contributed by atoms with Crippen LogP contribution in [0.2, 0.25) is 0 Å². The van der Waals surface area contributed by atoms with Crippen LogP contribution in [0.3, 0.4) is 0 Å². The first-order chi connectivity index (χ1) is 8.54. The van der Waals surface area contributed by atoms with Crippen molar-refractivity contribution in [1.82, 2.24) is 9.78 Å². The topological polar surface area (TPSA) is 64.2 Å². The SMILES string of the molecule is CC1CCC(CN)CN1c1cnn(C)c(=O)c1Br. The number of hydrogen-bond donors (Lipinski definition) is 1. The molecule has 1 saturated heterocycles. The Bertz CT molecular complexity index is 487. The van der Waals surface area contributed by atoms with Gasteiger partial charge in [0.15, 0.2) is 0 Å². The van der Waals surface area contributed by atoms with Gasteiger partial charge in [0.2, 0.25) is 0 Å². The zero-order valence-corrected chi connectivity index (χ0v) is 12.4. The molecule has 2 N–H and O–H groups in total. The summed E-state index contributed by atoms with van der Waals surface area (Å²) < 4.78 is 1.92. The van der Waals surface area contributed by atoms with Crippen LogP contribution in [0, 0.1) is 5.92 Å². The normalized spacial score (nSPS) is 24.3. The second-order valence-corrected chi connectivity index (χ2v) is 5.75. The summed E-state index contributed by atoms with van der Waals surface area (Å²) in [6.07, 6.45) is 4.01. The molecule has 0 radical (unpaired) electrons. The molecule has 5 nitrogen and oxygen atoms in total. The van der Waals surface area contributed by atoms with E-state index in [2.05, 4.69) is 32.9 Å². The molecule has 0 bridgehead atoms. The largest absolute Gasteiger partial charge is 0.366 e. The third-order valence-electron chi connectivity index (χ3n) is 3.68. The van der Waals surface area contributed by atoms with Gasteiger partial charge in [-0.1, -0.05) is 0 Å². The van der Waals surface area contributed by atoms with Gasteiger partial charge in [0, 0.05) is 19.6 Å². The molecule has 2 rings (SSSR count). The average molecular weight is 315 g/mol. The fourth-order valence-corrected chi connectivity index (χ4v) is 3.00. The fourth-order valence-electron chi connectivity index (χ4n) is 2.41. The Morgan fingerprint density at radius 2 is 2.28 bits per heavy atom. The van der Waals surface area contributed by atoms with E-state index in [1.54, 1.807) is 13.2 Å². The molecule has 2 heterocycles. The summed E-state index contributed by atoms with van der Waals surface area (Å²) >= 11 is 3.39. The predicted molar refractivity (Wildman–Crippen MR) is 75.8 cm³/mol. The molecule has 2 unspecified atom stereocenters. The molecule has 100 valence electrons. The molecule has 0 amide bonds. The van der Waals surface area contributed by atoms with Crippen molar-refractivity contribution in [3.8, 4) is 0 Å². The summed E-state index contributed by atoms with van der Waals surface area (Å²) in [6.45, 7) is 3.76. The van der Waals surface area contributed by atoms with Crippen LogP contribution in [0.15, 0.2) is 15.5 Å². The minimum atomic E-state index is -0.102. The van der Waals surface area contributed by atoms with Crippen LogP contribution >= 0.6 is 15.9 Å². The molecule has 6 heteroatoms. The van der Waals surface area contributed by atoms with Gasteiger partial charge in [0.1, 0.15) is 4.47 Å². The lowest BCUT2D eigenvalue weighted by atomic mass is 9.93. The van der Waals surface area contributed by atoms with Crippen molar-refractivity contribution in [2.75, 3.05) is 18.0 Å². The van der Waals surface area contributed by atoms with Gasteiger partial charge in [-0.3, -0.25) is 4.79 Å². The Morgan fingerprint density at radius 1 is 1.56 bits per heavy atom. The van der Waals surface area contributed by atoms with Crippen LogP contribution in [0.25, 0.3) is 0 Å². The van der Waals surface area contributed by atoms with Crippen LogP contribution in [-0.2, 0) is 7.05 Å². The van der Waals surface area contributed by atoms with Crippen LogP contribution in [-0.4, -0.2) is 28.9 Å². The first kappa shape index (κ1) is 13.5. The first-order valence-electron chi connectivity index (χ1n) is 6.23. The van der Waals surface area contributed by atoms with E-state index in [0.717, 1.165) is 25.1 Å². The number of anilines is 1. The number of nitrogens with two attached hydrogens (primary N) is 1. The quantitative estimate of drug-likeness (QED) is 0.888. The Morgan fingerprint density at radius 3 is 2.94 bits per heavy atom. The predicted octanol–water partition coefficient (Wildman–Crippen LogP) is 1.11. The number of halogens is 1. The van der Waals surface area contributed by atoms with Gasteiger partial charge in [0.05, 0.1) is 11.9 Å². The number of hydrogen-bond acceptors (Lipinski definition) is 4. The monoisotopic (exact) mass is 314 g/mol. The van der Waals surface area contributed by atoms with Crippen LogP contribution < -0.4 is 16.2 Å². The lowest BCUT2D eigenvalue weighted by molar-refractivity contribution is 0.373. The summed E-state index contributed by atoms with van der Waals surface area (Å²) in [5.74, 6) is 0.497. The molecule has 0 aromatic carbocycles. The zero-order valence-electron chi connectivity index (χ0n) is 10.8. The molecular formula is C12H19BrN4O. The van der Waals surface area contributed by atoms with Gasteiger partial charge in [-0.15, -0.1) is 0 Å². The summed E-state index contributed by atoms with van der Waals surface area (Å²) in [5, 5.41) is 4.10. The molecule has 1 aliphatic rings. The Labute approximate surface area is 115 Å². The van der Waals surface area contributed by atoms with Gasteiger partial charge >= 0.3 is 0 Å². The minimum absolute atomic E-state index is 0.102. The van der Waals surface area contributed by atoms with E-state index in [-0.39, 0.29) is 5.56 Å². The first-order valence-corrected chi connectivity index (χ1v) is 7.02. The third kappa shape index (κ3) is 2.44. The maximum atomic E-state index is 11.9. The summed E-state index contributed by atoms with van der Waals surface area (Å²) in [5.41, 5.74) is 6.54. The molecule has 1 aromatic rings. The van der Waals surface area contributed by atoms with Crippen LogP contribution in [0.5, 0.6) is 0 Å². The van der Waals surface area contributed by atoms with Crippen LogP contribution in [0.1, 0.15) is 19.8 Å². The van der Waals surface area contributed by atoms with Gasteiger partial charge in [0.25, 0.3) is 5.56 Å². The van der Waals surface area contributed by atoms with Crippen molar-refractivity contribution < 1.29 is 0 Å². The Balaban J connectivity index is 2.35. The highest BCUT2D eigenvalue weighted by Crippen LogP contribution is 2.30. The van der Waals surface area contributed by atoms with Gasteiger partial charge < -0.3 is 10.6 Å². The van der Waals surface area contributed by atoms with E-state index in [4.69, 9.17) is 5.73 Å². The molecule has 0 aliphatic carbocycles. The molecule has 1 fully saturated rings. The molecule has 0 spiro atoms. The van der Waals surface area contributed by atoms with Crippen LogP contribution in [0.4, 0.5) is 5.69 Å². The van der Waals surface area contributed by atoms with E-state index in [1.165, 1.54) is 4.68 Å². The molecule has 2 atom stereocenters. The van der Waals surface area contributed by atoms with E-state index in [0.29, 0.717) is 23.0 Å². The zero-order chi connectivity index (χ0) is 13.3. The van der Waals surface area contributed by atoms with Crippen molar-refractivity contribution in [1.29, 1.82) is 0 Å². The molecule has 0 saturated carbocycles. The van der Waals surface area contributed by atoms with Crippen molar-refractivity contribution in [2.45, 2.75) is 25.8 Å². The molecule has 18 heavy (non-hydrogen) atoms. The lowest BCUT2D eigenvalue weighted by Crippen LogP contribution is -2.44. The number of nitrogens with zero attached hydrogens (tertiary/aromatic N) is 3. The van der Waals surface area contributed by atoms with Crippen molar-refractivity contribution in [3.63, 3.8) is 0 Å². The maximum absolute atomic E-state index is 11.9. The van der Waals surface area contributed by atoms with Gasteiger partial charge in [-0.2, -0.15) is 5.10 Å². The number of aromatic nitrogens is 2. The highest BCUT2D eigenvalue weighted by atomic mass is 79.9. The van der Waals surface area contributed by atoms with E-state index in [9.17, 15) is 4.79 Å². The number of aryl methyl sites for hydroxylation is 1. The third-order valence-corrected chi connectivity index (χ3v) is 4.43. The number of rotatable bonds is 2. The smallest absolute Gasteiger partial charge is 0.282 e. The maximum Gasteiger partial charge on any atom is 0.282 e. The minimum Gasteiger partial charge on any atom is -0.366 e. The van der Waals surface area contributed by atoms with Crippen molar-refractivity contribution in [2.24, 2.45) is 18.7 Å². The highest BCUT2D eigenvalue weighted by molar-refractivity contribution is 9.10. The molecular weight excluding hydrogens is 296 g/mol.